The summed E-state index contributed by atoms with van der Waals surface area (Å²) in [7, 11) is 1.91. The summed E-state index contributed by atoms with van der Waals surface area (Å²) in [5.74, 6) is 0.835. The number of anilines is 2. The van der Waals surface area contributed by atoms with Crippen molar-refractivity contribution in [3.63, 3.8) is 0 Å². The number of piperidine rings is 1. The molecule has 1 unspecified atom stereocenters. The number of hydrogen-bond donors (Lipinski definition) is 0. The number of nitrogens with zero attached hydrogens (tertiary/aromatic N) is 5. The van der Waals surface area contributed by atoms with E-state index in [-0.39, 0.29) is 21.8 Å². The Labute approximate surface area is 155 Å². The molecule has 1 aliphatic heterocycles. The monoisotopic (exact) mass is 381 g/mol. The molecule has 0 saturated carbocycles. The van der Waals surface area contributed by atoms with E-state index in [2.05, 4.69) is 15.1 Å². The van der Waals surface area contributed by atoms with Crippen molar-refractivity contribution in [2.45, 2.75) is 18.9 Å². The van der Waals surface area contributed by atoms with Gasteiger partial charge in [0.1, 0.15) is 0 Å². The molecular weight excluding hydrogens is 365 g/mol. The smallest absolute Gasteiger partial charge is 0.272 e. The van der Waals surface area contributed by atoms with Crippen LogP contribution < -0.4 is 9.80 Å². The number of hydrogen-bond acceptors (Lipinski definition) is 6. The molecule has 1 aliphatic rings. The van der Waals surface area contributed by atoms with Crippen molar-refractivity contribution in [3.8, 4) is 0 Å². The lowest BCUT2D eigenvalue weighted by atomic mass is 10.0. The fourth-order valence-corrected chi connectivity index (χ4v) is 3.86. The van der Waals surface area contributed by atoms with Crippen molar-refractivity contribution in [2.75, 3.05) is 29.9 Å². The van der Waals surface area contributed by atoms with Gasteiger partial charge in [0.15, 0.2) is 5.82 Å². The number of nitro benzene ring substituents is 1. The third-order valence-electron chi connectivity index (χ3n) is 4.39. The van der Waals surface area contributed by atoms with E-state index in [0.717, 1.165) is 31.7 Å². The van der Waals surface area contributed by atoms with E-state index < -0.39 is 4.92 Å². The van der Waals surface area contributed by atoms with E-state index in [4.69, 9.17) is 23.2 Å². The van der Waals surface area contributed by atoms with E-state index in [1.54, 1.807) is 6.20 Å². The molecule has 2 aromatic rings. The second-order valence-corrected chi connectivity index (χ2v) is 6.76. The van der Waals surface area contributed by atoms with Crippen LogP contribution in [0.15, 0.2) is 30.5 Å². The van der Waals surface area contributed by atoms with Crippen LogP contribution in [0.5, 0.6) is 0 Å². The van der Waals surface area contributed by atoms with Crippen LogP contribution in [0.3, 0.4) is 0 Å². The Hall–Kier alpha value is -2.12. The lowest BCUT2D eigenvalue weighted by Crippen LogP contribution is -2.47. The van der Waals surface area contributed by atoms with Crippen LogP contribution in [-0.2, 0) is 0 Å². The number of aromatic nitrogens is 2. The molecule has 1 aromatic carbocycles. The van der Waals surface area contributed by atoms with Crippen LogP contribution in [0, 0.1) is 10.1 Å². The molecule has 132 valence electrons. The number of non-ortho nitro benzene ring substituents is 1. The minimum atomic E-state index is -0.502. The van der Waals surface area contributed by atoms with Gasteiger partial charge < -0.3 is 9.80 Å². The van der Waals surface area contributed by atoms with Crippen molar-refractivity contribution < 1.29 is 4.92 Å². The maximum absolute atomic E-state index is 10.9. The topological polar surface area (TPSA) is 75.4 Å². The van der Waals surface area contributed by atoms with E-state index in [9.17, 15) is 10.1 Å². The quantitative estimate of drug-likeness (QED) is 0.592. The molecule has 25 heavy (non-hydrogen) atoms. The predicted octanol–water partition coefficient (Wildman–Crippen LogP) is 3.80. The molecular formula is C16H17Cl2N5O2. The second-order valence-electron chi connectivity index (χ2n) is 5.95. The molecule has 1 fully saturated rings. The highest BCUT2D eigenvalue weighted by atomic mass is 35.5. The lowest BCUT2D eigenvalue weighted by Gasteiger charge is -2.39. The minimum absolute atomic E-state index is 0.114. The number of nitro groups is 1. The number of halogens is 2. The van der Waals surface area contributed by atoms with Crippen molar-refractivity contribution in [3.05, 3.63) is 50.6 Å². The molecule has 7 nitrogen and oxygen atoms in total. The van der Waals surface area contributed by atoms with Gasteiger partial charge in [0, 0.05) is 44.5 Å². The van der Waals surface area contributed by atoms with Crippen LogP contribution in [0.4, 0.5) is 17.2 Å². The van der Waals surface area contributed by atoms with E-state index >= 15 is 0 Å². The molecule has 0 aliphatic carbocycles. The first-order valence-electron chi connectivity index (χ1n) is 7.86. The Kier molecular flexibility index (Phi) is 5.24. The highest BCUT2D eigenvalue weighted by Gasteiger charge is 2.27. The molecule has 1 atom stereocenters. The normalized spacial score (nSPS) is 17.4. The average molecular weight is 382 g/mol. The van der Waals surface area contributed by atoms with Gasteiger partial charge in [-0.05, 0) is 25.0 Å². The second kappa shape index (κ2) is 7.41. The number of likely N-dealkylation sites (N-methyl/N-ethyl adjacent to an activating group) is 1. The van der Waals surface area contributed by atoms with Crippen LogP contribution in [-0.4, -0.2) is 41.3 Å². The summed E-state index contributed by atoms with van der Waals surface area (Å²) in [4.78, 5) is 14.6. The van der Waals surface area contributed by atoms with Gasteiger partial charge in [-0.1, -0.05) is 23.2 Å². The van der Waals surface area contributed by atoms with Crippen molar-refractivity contribution in [1.29, 1.82) is 0 Å². The minimum Gasteiger partial charge on any atom is -0.367 e. The zero-order valence-electron chi connectivity index (χ0n) is 13.6. The summed E-state index contributed by atoms with van der Waals surface area (Å²) in [5, 5.41) is 19.6. The molecule has 3 rings (SSSR count). The highest BCUT2D eigenvalue weighted by molar-refractivity contribution is 6.39. The fraction of sp³-hybridized carbons (Fsp3) is 0.375. The first kappa shape index (κ1) is 17.7. The molecule has 1 saturated heterocycles. The van der Waals surface area contributed by atoms with E-state index in [1.807, 2.05) is 24.1 Å². The molecule has 0 spiro atoms. The first-order valence-corrected chi connectivity index (χ1v) is 8.62. The molecule has 0 N–H and O–H groups in total. The molecule has 0 bridgehead atoms. The Bertz CT molecular complexity index is 751. The van der Waals surface area contributed by atoms with Crippen molar-refractivity contribution in [1.82, 2.24) is 10.2 Å². The van der Waals surface area contributed by atoms with Crippen LogP contribution in [0.2, 0.25) is 10.0 Å². The maximum Gasteiger partial charge on any atom is 0.272 e. The zero-order valence-corrected chi connectivity index (χ0v) is 15.1. The maximum atomic E-state index is 10.9. The SMILES string of the molecule is CN(c1c(Cl)cc([N+](=O)[O-])cc1Cl)C1CCCN(c2cccnn2)C1. The highest BCUT2D eigenvalue weighted by Crippen LogP contribution is 2.38. The summed E-state index contributed by atoms with van der Waals surface area (Å²) >= 11 is 12.6. The van der Waals surface area contributed by atoms with Gasteiger partial charge in [0.05, 0.1) is 20.7 Å². The van der Waals surface area contributed by atoms with Gasteiger partial charge in [-0.2, -0.15) is 5.10 Å². The third kappa shape index (κ3) is 3.77. The van der Waals surface area contributed by atoms with Crippen molar-refractivity contribution >= 4 is 40.4 Å². The summed E-state index contributed by atoms with van der Waals surface area (Å²) in [6.45, 7) is 1.66. The summed E-state index contributed by atoms with van der Waals surface area (Å²) in [6, 6.07) is 6.62. The number of benzene rings is 1. The fourth-order valence-electron chi connectivity index (χ4n) is 3.12. The van der Waals surface area contributed by atoms with Crippen LogP contribution in [0.1, 0.15) is 12.8 Å². The van der Waals surface area contributed by atoms with Gasteiger partial charge in [-0.25, -0.2) is 0 Å². The molecule has 9 heteroatoms. The third-order valence-corrected chi connectivity index (χ3v) is 4.97. The largest absolute Gasteiger partial charge is 0.367 e. The Balaban J connectivity index is 1.83. The Morgan fingerprint density at radius 3 is 2.68 bits per heavy atom. The van der Waals surface area contributed by atoms with Gasteiger partial charge >= 0.3 is 0 Å². The van der Waals surface area contributed by atoms with Gasteiger partial charge in [0.2, 0.25) is 0 Å². The summed E-state index contributed by atoms with van der Waals surface area (Å²) in [5.41, 5.74) is 0.497. The summed E-state index contributed by atoms with van der Waals surface area (Å²) < 4.78 is 0. The number of rotatable bonds is 4. The molecule has 0 radical (unpaired) electrons. The Morgan fingerprint density at radius 2 is 2.08 bits per heavy atom. The Morgan fingerprint density at radius 1 is 1.36 bits per heavy atom. The molecule has 2 heterocycles. The predicted molar refractivity (Wildman–Crippen MR) is 98.8 cm³/mol. The van der Waals surface area contributed by atoms with Gasteiger partial charge in [-0.3, -0.25) is 10.1 Å². The summed E-state index contributed by atoms with van der Waals surface area (Å²) in [6.07, 6.45) is 3.61. The van der Waals surface area contributed by atoms with Crippen LogP contribution in [0.25, 0.3) is 0 Å². The molecule has 0 amide bonds. The van der Waals surface area contributed by atoms with Gasteiger partial charge in [0.25, 0.3) is 5.69 Å². The van der Waals surface area contributed by atoms with E-state index in [0.29, 0.717) is 5.69 Å². The lowest BCUT2D eigenvalue weighted by molar-refractivity contribution is -0.384. The van der Waals surface area contributed by atoms with Crippen molar-refractivity contribution in [2.24, 2.45) is 0 Å². The molecule has 1 aromatic heterocycles. The van der Waals surface area contributed by atoms with Crippen LogP contribution >= 0.6 is 23.2 Å². The zero-order chi connectivity index (χ0) is 18.0. The van der Waals surface area contributed by atoms with Gasteiger partial charge in [-0.15, -0.1) is 5.10 Å². The first-order chi connectivity index (χ1) is 12.0. The average Bonchev–Trinajstić information content (AvgIpc) is 2.61. The van der Waals surface area contributed by atoms with E-state index in [1.165, 1.54) is 12.1 Å². The standard InChI is InChI=1S/C16H17Cl2N5O2/c1-21(16-13(17)8-12(23(24)25)9-14(16)18)11-4-3-7-22(10-11)15-5-2-6-19-20-15/h2,5-6,8-9,11H,3-4,7,10H2,1H3.